The molecule has 2 saturated heterocycles. The van der Waals surface area contributed by atoms with E-state index in [2.05, 4.69) is 20.4 Å². The van der Waals surface area contributed by atoms with Crippen LogP contribution in [-0.4, -0.2) is 62.2 Å². The highest BCUT2D eigenvalue weighted by molar-refractivity contribution is 5.81. The van der Waals surface area contributed by atoms with Crippen molar-refractivity contribution < 1.29 is 9.18 Å². The Morgan fingerprint density at radius 3 is 2.58 bits per heavy atom. The van der Waals surface area contributed by atoms with Gasteiger partial charge in [0, 0.05) is 44.5 Å². The highest BCUT2D eigenvalue weighted by Gasteiger charge is 2.27. The smallest absolute Gasteiger partial charge is 0.237 e. The molecule has 0 aliphatic carbocycles. The van der Waals surface area contributed by atoms with E-state index < -0.39 is 0 Å². The van der Waals surface area contributed by atoms with Crippen molar-refractivity contribution in [1.82, 2.24) is 15.5 Å². The fraction of sp³-hybridized carbons (Fsp3) is 0.611. The monoisotopic (exact) mass is 334 g/mol. The number of hydrogen-bond acceptors (Lipinski definition) is 4. The first-order valence-electron chi connectivity index (χ1n) is 8.89. The Morgan fingerprint density at radius 1 is 1.25 bits per heavy atom. The molecule has 1 aromatic rings. The fourth-order valence-electron chi connectivity index (χ4n) is 3.48. The molecule has 0 saturated carbocycles. The van der Waals surface area contributed by atoms with Gasteiger partial charge in [-0.3, -0.25) is 9.69 Å². The average Bonchev–Trinajstić information content (AvgIpc) is 2.63. The van der Waals surface area contributed by atoms with Gasteiger partial charge in [-0.05, 0) is 50.6 Å². The summed E-state index contributed by atoms with van der Waals surface area (Å²) in [5.41, 5.74) is 1.04. The van der Waals surface area contributed by atoms with Crippen LogP contribution in [0.3, 0.4) is 0 Å². The molecule has 1 aromatic carbocycles. The van der Waals surface area contributed by atoms with E-state index in [-0.39, 0.29) is 23.8 Å². The number of carbonyl (C=O) groups excluding carboxylic acids is 1. The number of benzene rings is 1. The molecule has 2 heterocycles. The molecule has 0 bridgehead atoms. The first-order chi connectivity index (χ1) is 11.6. The summed E-state index contributed by atoms with van der Waals surface area (Å²) in [7, 11) is 0. The Hall–Kier alpha value is -1.66. The Labute approximate surface area is 143 Å². The summed E-state index contributed by atoms with van der Waals surface area (Å²) in [5, 5.41) is 6.49. The largest absolute Gasteiger partial charge is 0.369 e. The second-order valence-electron chi connectivity index (χ2n) is 6.73. The lowest BCUT2D eigenvalue weighted by Gasteiger charge is -2.39. The zero-order chi connectivity index (χ0) is 16.9. The molecule has 0 spiro atoms. The van der Waals surface area contributed by atoms with Crippen LogP contribution < -0.4 is 15.5 Å². The molecule has 2 fully saturated rings. The minimum absolute atomic E-state index is 0.109. The van der Waals surface area contributed by atoms with Gasteiger partial charge in [-0.2, -0.15) is 0 Å². The van der Waals surface area contributed by atoms with E-state index in [4.69, 9.17) is 0 Å². The molecule has 2 N–H and O–H groups in total. The van der Waals surface area contributed by atoms with E-state index in [1.165, 1.54) is 12.1 Å². The van der Waals surface area contributed by atoms with Crippen molar-refractivity contribution in [2.45, 2.75) is 31.8 Å². The number of anilines is 1. The summed E-state index contributed by atoms with van der Waals surface area (Å²) < 4.78 is 13.0. The third kappa shape index (κ3) is 4.24. The van der Waals surface area contributed by atoms with E-state index >= 15 is 0 Å². The molecule has 3 rings (SSSR count). The normalized spacial score (nSPS) is 23.8. The third-order valence-corrected chi connectivity index (χ3v) is 5.08. The summed E-state index contributed by atoms with van der Waals surface area (Å²) in [6.45, 7) is 7.30. The maximum Gasteiger partial charge on any atom is 0.237 e. The number of piperazine rings is 1. The van der Waals surface area contributed by atoms with Crippen LogP contribution in [0, 0.1) is 5.82 Å². The Bertz CT molecular complexity index is 536. The zero-order valence-electron chi connectivity index (χ0n) is 14.3. The van der Waals surface area contributed by atoms with Gasteiger partial charge in [0.25, 0.3) is 0 Å². The van der Waals surface area contributed by atoms with Crippen molar-refractivity contribution in [2.24, 2.45) is 0 Å². The summed E-state index contributed by atoms with van der Waals surface area (Å²) in [4.78, 5) is 16.9. The lowest BCUT2D eigenvalue weighted by molar-refractivity contribution is -0.126. The van der Waals surface area contributed by atoms with Gasteiger partial charge >= 0.3 is 0 Å². The first-order valence-corrected chi connectivity index (χ1v) is 8.89. The molecule has 0 aromatic heterocycles. The lowest BCUT2D eigenvalue weighted by atomic mass is 10.1. The second kappa shape index (κ2) is 7.94. The summed E-state index contributed by atoms with van der Waals surface area (Å²) in [6.07, 6.45) is 2.18. The van der Waals surface area contributed by atoms with Crippen LogP contribution >= 0.6 is 0 Å². The van der Waals surface area contributed by atoms with Gasteiger partial charge in [0.15, 0.2) is 0 Å². The van der Waals surface area contributed by atoms with Crippen LogP contribution in [0.25, 0.3) is 0 Å². The van der Waals surface area contributed by atoms with Crippen molar-refractivity contribution in [2.75, 3.05) is 44.2 Å². The first kappa shape index (κ1) is 17.2. The highest BCUT2D eigenvalue weighted by Crippen LogP contribution is 2.18. The number of nitrogens with one attached hydrogen (secondary N) is 2. The fourth-order valence-corrected chi connectivity index (χ4v) is 3.48. The molecule has 2 aliphatic heterocycles. The van der Waals surface area contributed by atoms with Gasteiger partial charge in [-0.25, -0.2) is 4.39 Å². The van der Waals surface area contributed by atoms with Crippen molar-refractivity contribution in [1.29, 1.82) is 0 Å². The quantitative estimate of drug-likeness (QED) is 0.869. The standard InChI is InChI=1S/C18H27FN4O/c1-14(18(24)21-16-3-2-8-20-13-16)22-9-11-23(12-10-22)17-6-4-15(19)5-7-17/h4-7,14,16,20H,2-3,8-13H2,1H3,(H,21,24). The average molecular weight is 334 g/mol. The summed E-state index contributed by atoms with van der Waals surface area (Å²) in [6, 6.07) is 6.77. The van der Waals surface area contributed by atoms with Gasteiger partial charge in [-0.1, -0.05) is 0 Å². The predicted molar refractivity (Wildman–Crippen MR) is 93.7 cm³/mol. The minimum atomic E-state index is -0.208. The van der Waals surface area contributed by atoms with E-state index in [0.717, 1.165) is 57.8 Å². The number of hydrogen-bond donors (Lipinski definition) is 2. The molecule has 132 valence electrons. The molecule has 1 amide bonds. The topological polar surface area (TPSA) is 47.6 Å². The van der Waals surface area contributed by atoms with E-state index in [1.807, 2.05) is 19.1 Å². The number of rotatable bonds is 4. The SMILES string of the molecule is CC(C(=O)NC1CCCNC1)N1CCN(c2ccc(F)cc2)CC1. The molecule has 0 radical (unpaired) electrons. The van der Waals surface area contributed by atoms with Gasteiger partial charge in [0.05, 0.1) is 6.04 Å². The number of piperidine rings is 1. The van der Waals surface area contributed by atoms with Crippen LogP contribution in [0.5, 0.6) is 0 Å². The van der Waals surface area contributed by atoms with Crippen molar-refractivity contribution in [3.63, 3.8) is 0 Å². The van der Waals surface area contributed by atoms with Crippen molar-refractivity contribution in [3.05, 3.63) is 30.1 Å². The van der Waals surface area contributed by atoms with E-state index in [9.17, 15) is 9.18 Å². The highest BCUT2D eigenvalue weighted by atomic mass is 19.1. The molecule has 2 atom stereocenters. The molecular formula is C18H27FN4O. The number of halogens is 1. The number of amides is 1. The lowest BCUT2D eigenvalue weighted by Crippen LogP contribution is -2.56. The van der Waals surface area contributed by atoms with E-state index in [1.54, 1.807) is 0 Å². The Balaban J connectivity index is 1.48. The second-order valence-corrected chi connectivity index (χ2v) is 6.73. The maximum absolute atomic E-state index is 13.0. The number of carbonyl (C=O) groups is 1. The minimum Gasteiger partial charge on any atom is -0.369 e. The predicted octanol–water partition coefficient (Wildman–Crippen LogP) is 1.20. The van der Waals surface area contributed by atoms with Crippen LogP contribution in [-0.2, 0) is 4.79 Å². The van der Waals surface area contributed by atoms with Crippen LogP contribution in [0.1, 0.15) is 19.8 Å². The van der Waals surface area contributed by atoms with Crippen molar-refractivity contribution >= 4 is 11.6 Å². The van der Waals surface area contributed by atoms with Gasteiger partial charge < -0.3 is 15.5 Å². The van der Waals surface area contributed by atoms with Gasteiger partial charge in [0.1, 0.15) is 5.82 Å². The molecule has 2 unspecified atom stereocenters. The number of nitrogens with zero attached hydrogens (tertiary/aromatic N) is 2. The molecular weight excluding hydrogens is 307 g/mol. The van der Waals surface area contributed by atoms with E-state index in [0.29, 0.717) is 0 Å². The van der Waals surface area contributed by atoms with Gasteiger partial charge in [-0.15, -0.1) is 0 Å². The Kier molecular flexibility index (Phi) is 5.68. The molecule has 5 nitrogen and oxygen atoms in total. The maximum atomic E-state index is 13.0. The van der Waals surface area contributed by atoms with Crippen molar-refractivity contribution in [3.8, 4) is 0 Å². The molecule has 6 heteroatoms. The third-order valence-electron chi connectivity index (χ3n) is 5.08. The summed E-state index contributed by atoms with van der Waals surface area (Å²) >= 11 is 0. The zero-order valence-corrected chi connectivity index (χ0v) is 14.3. The van der Waals surface area contributed by atoms with Crippen LogP contribution in [0.2, 0.25) is 0 Å². The molecule has 24 heavy (non-hydrogen) atoms. The molecule has 2 aliphatic rings. The van der Waals surface area contributed by atoms with Gasteiger partial charge in [0.2, 0.25) is 5.91 Å². The summed E-state index contributed by atoms with van der Waals surface area (Å²) in [5.74, 6) is -0.0844. The van der Waals surface area contributed by atoms with Crippen LogP contribution in [0.4, 0.5) is 10.1 Å². The Morgan fingerprint density at radius 2 is 1.96 bits per heavy atom. The van der Waals surface area contributed by atoms with Crippen LogP contribution in [0.15, 0.2) is 24.3 Å².